The fourth-order valence-corrected chi connectivity index (χ4v) is 3.84. The van der Waals surface area contributed by atoms with Gasteiger partial charge in [-0.25, -0.2) is 4.79 Å². The Hall–Kier alpha value is -1.96. The highest BCUT2D eigenvalue weighted by Gasteiger charge is 2.45. The van der Waals surface area contributed by atoms with Crippen LogP contribution < -0.4 is 9.47 Å². The van der Waals surface area contributed by atoms with Crippen LogP contribution in [0.1, 0.15) is 22.5 Å². The van der Waals surface area contributed by atoms with E-state index in [2.05, 4.69) is 0 Å². The Balaban J connectivity index is 1.46. The number of hydrogen-bond acceptors (Lipinski definition) is 7. The molecule has 8 heteroatoms. The number of fused-ring (bicyclic) bond motifs is 1. The van der Waals surface area contributed by atoms with Crippen LogP contribution in [0, 0.1) is 0 Å². The van der Waals surface area contributed by atoms with Gasteiger partial charge in [-0.05, 0) is 0 Å². The number of cyclic esters (lactones) is 1. The summed E-state index contributed by atoms with van der Waals surface area (Å²) in [5.41, 5.74) is -0.553. The standard InChI is InChI=1S/C14H15NO6S/c16-12(11-10-9(7-22-11)18-5-6-19-10)15-3-1-14(2-4-15)8-20-13(17)21-14/h7H,1-6,8H2. The number of likely N-dealkylation sites (tertiary alicyclic amines) is 1. The highest BCUT2D eigenvalue weighted by molar-refractivity contribution is 7.12. The Kier molecular flexibility index (Phi) is 3.14. The predicted octanol–water partition coefficient (Wildman–Crippen LogP) is 1.66. The first-order chi connectivity index (χ1) is 10.7. The van der Waals surface area contributed by atoms with E-state index in [0.29, 0.717) is 55.5 Å². The minimum atomic E-state index is -0.613. The van der Waals surface area contributed by atoms with Crippen molar-refractivity contribution in [2.24, 2.45) is 0 Å². The van der Waals surface area contributed by atoms with Crippen molar-refractivity contribution in [2.45, 2.75) is 18.4 Å². The van der Waals surface area contributed by atoms with Crippen LogP contribution >= 0.6 is 11.3 Å². The van der Waals surface area contributed by atoms with E-state index in [1.54, 1.807) is 10.3 Å². The van der Waals surface area contributed by atoms with E-state index in [4.69, 9.17) is 18.9 Å². The summed E-state index contributed by atoms with van der Waals surface area (Å²) in [4.78, 5) is 26.1. The van der Waals surface area contributed by atoms with Crippen molar-refractivity contribution in [3.63, 3.8) is 0 Å². The molecule has 1 amide bonds. The smallest absolute Gasteiger partial charge is 0.485 e. The number of rotatable bonds is 1. The lowest BCUT2D eigenvalue weighted by Gasteiger charge is -2.36. The molecular weight excluding hydrogens is 310 g/mol. The first kappa shape index (κ1) is 13.7. The molecule has 4 rings (SSSR count). The Morgan fingerprint density at radius 1 is 1.18 bits per heavy atom. The van der Waals surface area contributed by atoms with Crippen molar-refractivity contribution in [1.82, 2.24) is 4.90 Å². The molecule has 118 valence electrons. The first-order valence-electron chi connectivity index (χ1n) is 7.19. The van der Waals surface area contributed by atoms with Crippen molar-refractivity contribution in [2.75, 3.05) is 32.9 Å². The fourth-order valence-electron chi connectivity index (χ4n) is 2.94. The lowest BCUT2D eigenvalue weighted by atomic mass is 9.92. The van der Waals surface area contributed by atoms with Crippen molar-refractivity contribution in [3.05, 3.63) is 10.3 Å². The molecule has 2 fully saturated rings. The second-order valence-corrected chi connectivity index (χ2v) is 6.45. The van der Waals surface area contributed by atoms with Gasteiger partial charge >= 0.3 is 6.16 Å². The largest absolute Gasteiger partial charge is 0.509 e. The van der Waals surface area contributed by atoms with Crippen LogP contribution in [0.15, 0.2) is 5.38 Å². The maximum Gasteiger partial charge on any atom is 0.509 e. The van der Waals surface area contributed by atoms with Crippen LogP contribution in [0.5, 0.6) is 11.5 Å². The molecule has 4 heterocycles. The maximum absolute atomic E-state index is 12.7. The molecule has 0 N–H and O–H groups in total. The molecule has 1 aromatic rings. The molecule has 0 bridgehead atoms. The van der Waals surface area contributed by atoms with Crippen LogP contribution in [0.2, 0.25) is 0 Å². The third-order valence-corrected chi connectivity index (χ3v) is 5.14. The second-order valence-electron chi connectivity index (χ2n) is 5.57. The molecule has 0 radical (unpaired) electrons. The van der Waals surface area contributed by atoms with Gasteiger partial charge in [0.05, 0.1) is 0 Å². The van der Waals surface area contributed by atoms with Crippen molar-refractivity contribution < 1.29 is 28.5 Å². The van der Waals surface area contributed by atoms with Gasteiger partial charge in [-0.2, -0.15) is 0 Å². The lowest BCUT2D eigenvalue weighted by Crippen LogP contribution is -2.48. The number of ether oxygens (including phenoxy) is 4. The van der Waals surface area contributed by atoms with Gasteiger partial charge in [-0.3, -0.25) is 4.79 Å². The van der Waals surface area contributed by atoms with Crippen LogP contribution in [-0.2, 0) is 9.47 Å². The first-order valence-corrected chi connectivity index (χ1v) is 8.07. The van der Waals surface area contributed by atoms with E-state index >= 15 is 0 Å². The summed E-state index contributed by atoms with van der Waals surface area (Å²) < 4.78 is 21.2. The van der Waals surface area contributed by atoms with E-state index in [9.17, 15) is 9.59 Å². The number of hydrogen-bond donors (Lipinski definition) is 0. The third-order valence-electron chi connectivity index (χ3n) is 4.21. The summed E-state index contributed by atoms with van der Waals surface area (Å²) in [6.45, 7) is 2.31. The van der Waals surface area contributed by atoms with Gasteiger partial charge < -0.3 is 23.8 Å². The van der Waals surface area contributed by atoms with Crippen molar-refractivity contribution >= 4 is 23.4 Å². The highest BCUT2D eigenvalue weighted by Crippen LogP contribution is 2.41. The molecule has 0 aliphatic carbocycles. The van der Waals surface area contributed by atoms with Crippen LogP contribution in [0.3, 0.4) is 0 Å². The molecule has 1 aromatic heterocycles. The molecule has 0 saturated carbocycles. The molecule has 0 atom stereocenters. The highest BCUT2D eigenvalue weighted by atomic mass is 32.1. The minimum Gasteiger partial charge on any atom is -0.485 e. The molecule has 3 aliphatic heterocycles. The zero-order chi connectivity index (χ0) is 15.2. The van der Waals surface area contributed by atoms with Gasteiger partial charge in [0.15, 0.2) is 17.1 Å². The Morgan fingerprint density at radius 3 is 2.68 bits per heavy atom. The molecule has 7 nitrogen and oxygen atoms in total. The van der Waals surface area contributed by atoms with Crippen molar-refractivity contribution in [1.29, 1.82) is 0 Å². The van der Waals surface area contributed by atoms with E-state index in [-0.39, 0.29) is 12.5 Å². The van der Waals surface area contributed by atoms with Gasteiger partial charge in [0.1, 0.15) is 24.7 Å². The maximum atomic E-state index is 12.7. The quantitative estimate of drug-likeness (QED) is 0.731. The molecule has 22 heavy (non-hydrogen) atoms. The van der Waals surface area contributed by atoms with Crippen LogP contribution in [0.4, 0.5) is 4.79 Å². The number of thiophene rings is 1. The third kappa shape index (κ3) is 2.18. The van der Waals surface area contributed by atoms with Gasteiger partial charge in [0.25, 0.3) is 5.91 Å². The topological polar surface area (TPSA) is 74.3 Å². The van der Waals surface area contributed by atoms with E-state index in [1.165, 1.54) is 11.3 Å². The molecule has 1 spiro atoms. The monoisotopic (exact) mass is 325 g/mol. The zero-order valence-electron chi connectivity index (χ0n) is 11.8. The lowest BCUT2D eigenvalue weighted by molar-refractivity contribution is 0.00282. The summed E-state index contributed by atoms with van der Waals surface area (Å²) in [6.07, 6.45) is 0.572. The Morgan fingerprint density at radius 2 is 1.95 bits per heavy atom. The number of piperidine rings is 1. The second kappa shape index (κ2) is 5.05. The van der Waals surface area contributed by atoms with E-state index in [1.807, 2.05) is 0 Å². The summed E-state index contributed by atoms with van der Waals surface area (Å²) in [5, 5.41) is 1.81. The Bertz CT molecular complexity index is 619. The van der Waals surface area contributed by atoms with Crippen LogP contribution in [-0.4, -0.2) is 55.5 Å². The summed E-state index contributed by atoms with van der Waals surface area (Å²) in [5.74, 6) is 1.14. The zero-order valence-corrected chi connectivity index (χ0v) is 12.6. The molecule has 0 aromatic carbocycles. The fraction of sp³-hybridized carbons (Fsp3) is 0.571. The van der Waals surface area contributed by atoms with Gasteiger partial charge in [0, 0.05) is 31.3 Å². The molecule has 0 unspecified atom stereocenters. The van der Waals surface area contributed by atoms with Gasteiger partial charge in [-0.1, -0.05) is 0 Å². The SMILES string of the molecule is O=C1OCC2(CCN(C(=O)c3scc4c3OCCO4)CC2)O1. The predicted molar refractivity (Wildman–Crippen MR) is 75.6 cm³/mol. The summed E-state index contributed by atoms with van der Waals surface area (Å²) in [7, 11) is 0. The number of nitrogens with zero attached hydrogens (tertiary/aromatic N) is 1. The Labute approximate surface area is 130 Å². The number of carbonyl (C=O) groups is 2. The number of carbonyl (C=O) groups excluding carboxylic acids is 2. The normalized spacial score (nSPS) is 22.4. The minimum absolute atomic E-state index is 0.0585. The average Bonchev–Trinajstić information content (AvgIpc) is 3.12. The summed E-state index contributed by atoms with van der Waals surface area (Å²) in [6, 6.07) is 0. The van der Waals surface area contributed by atoms with E-state index < -0.39 is 11.8 Å². The number of amides is 1. The van der Waals surface area contributed by atoms with Crippen molar-refractivity contribution in [3.8, 4) is 11.5 Å². The molecule has 3 aliphatic rings. The van der Waals surface area contributed by atoms with E-state index in [0.717, 1.165) is 0 Å². The molecule has 2 saturated heterocycles. The summed E-state index contributed by atoms with van der Waals surface area (Å²) >= 11 is 1.34. The van der Waals surface area contributed by atoms with Gasteiger partial charge in [0.2, 0.25) is 0 Å². The van der Waals surface area contributed by atoms with Gasteiger partial charge in [-0.15, -0.1) is 11.3 Å². The molecular formula is C14H15NO6S. The average molecular weight is 325 g/mol. The van der Waals surface area contributed by atoms with Crippen LogP contribution in [0.25, 0.3) is 0 Å².